The summed E-state index contributed by atoms with van der Waals surface area (Å²) in [6.07, 6.45) is 5.72. The predicted octanol–water partition coefficient (Wildman–Crippen LogP) is 2.81. The second kappa shape index (κ2) is 7.56. The van der Waals surface area contributed by atoms with E-state index in [9.17, 15) is 14.7 Å². The summed E-state index contributed by atoms with van der Waals surface area (Å²) in [5.41, 5.74) is -1.16. The minimum absolute atomic E-state index is 0.0521. The van der Waals surface area contributed by atoms with Gasteiger partial charge in [-0.05, 0) is 56.4 Å². The third kappa shape index (κ3) is 3.56. The van der Waals surface area contributed by atoms with Crippen LogP contribution in [-0.2, 0) is 4.79 Å². The van der Waals surface area contributed by atoms with Crippen LogP contribution < -0.4 is 4.74 Å². The molecule has 136 valence electrons. The largest absolute Gasteiger partial charge is 0.497 e. The van der Waals surface area contributed by atoms with Gasteiger partial charge in [-0.25, -0.2) is 0 Å². The van der Waals surface area contributed by atoms with Crippen molar-refractivity contribution >= 4 is 11.7 Å². The van der Waals surface area contributed by atoms with Crippen LogP contribution in [0.25, 0.3) is 0 Å². The summed E-state index contributed by atoms with van der Waals surface area (Å²) in [6.45, 7) is 1.48. The summed E-state index contributed by atoms with van der Waals surface area (Å²) in [6, 6.07) is 6.74. The molecule has 1 aliphatic heterocycles. The van der Waals surface area contributed by atoms with E-state index in [1.165, 1.54) is 0 Å². The van der Waals surface area contributed by atoms with Crippen molar-refractivity contribution in [1.29, 1.82) is 0 Å². The molecule has 3 rings (SSSR count). The van der Waals surface area contributed by atoms with Crippen molar-refractivity contribution in [1.82, 2.24) is 4.90 Å². The first kappa shape index (κ1) is 17.9. The molecule has 1 amide bonds. The van der Waals surface area contributed by atoms with Gasteiger partial charge in [0, 0.05) is 18.7 Å². The SMILES string of the molecule is COc1ccc(C(=O)C2(O)CCCCC2C(=O)N2CCCCC2)cc1. The molecule has 0 spiro atoms. The van der Waals surface area contributed by atoms with Gasteiger partial charge in [0.15, 0.2) is 5.78 Å². The minimum Gasteiger partial charge on any atom is -0.497 e. The zero-order chi connectivity index (χ0) is 17.9. The number of carbonyl (C=O) groups is 2. The molecule has 2 atom stereocenters. The van der Waals surface area contributed by atoms with Crippen LogP contribution in [0.3, 0.4) is 0 Å². The molecule has 1 aromatic rings. The van der Waals surface area contributed by atoms with Crippen molar-refractivity contribution in [3.63, 3.8) is 0 Å². The fourth-order valence-corrected chi connectivity index (χ4v) is 4.08. The summed E-state index contributed by atoms with van der Waals surface area (Å²) >= 11 is 0. The van der Waals surface area contributed by atoms with Gasteiger partial charge in [0.25, 0.3) is 0 Å². The van der Waals surface area contributed by atoms with Gasteiger partial charge in [-0.3, -0.25) is 9.59 Å². The molecule has 1 saturated heterocycles. The maximum Gasteiger partial charge on any atom is 0.229 e. The molecule has 5 nitrogen and oxygen atoms in total. The monoisotopic (exact) mass is 345 g/mol. The normalized spacial score (nSPS) is 27.0. The van der Waals surface area contributed by atoms with E-state index in [4.69, 9.17) is 4.74 Å². The Morgan fingerprint density at radius 3 is 2.40 bits per heavy atom. The van der Waals surface area contributed by atoms with E-state index >= 15 is 0 Å². The number of rotatable bonds is 4. The van der Waals surface area contributed by atoms with E-state index < -0.39 is 11.5 Å². The van der Waals surface area contributed by atoms with Crippen LogP contribution in [0.5, 0.6) is 5.75 Å². The molecular formula is C20H27NO4. The number of nitrogens with zero attached hydrogens (tertiary/aromatic N) is 1. The maximum atomic E-state index is 13.1. The summed E-state index contributed by atoms with van der Waals surface area (Å²) in [4.78, 5) is 27.9. The van der Waals surface area contributed by atoms with Gasteiger partial charge in [0.1, 0.15) is 11.4 Å². The highest BCUT2D eigenvalue weighted by molar-refractivity contribution is 6.05. The molecule has 0 radical (unpaired) electrons. The van der Waals surface area contributed by atoms with Crippen molar-refractivity contribution in [3.05, 3.63) is 29.8 Å². The van der Waals surface area contributed by atoms with Crippen LogP contribution in [0.1, 0.15) is 55.3 Å². The fourth-order valence-electron chi connectivity index (χ4n) is 4.08. The highest BCUT2D eigenvalue weighted by Gasteiger charge is 2.50. The number of carbonyl (C=O) groups excluding carboxylic acids is 2. The summed E-state index contributed by atoms with van der Waals surface area (Å²) < 4.78 is 5.12. The topological polar surface area (TPSA) is 66.8 Å². The quantitative estimate of drug-likeness (QED) is 0.852. The molecule has 25 heavy (non-hydrogen) atoms. The van der Waals surface area contributed by atoms with Crippen LogP contribution in [0, 0.1) is 5.92 Å². The minimum atomic E-state index is -1.60. The first-order valence-electron chi connectivity index (χ1n) is 9.26. The average Bonchev–Trinajstić information content (AvgIpc) is 2.68. The van der Waals surface area contributed by atoms with Gasteiger partial charge in [-0.15, -0.1) is 0 Å². The smallest absolute Gasteiger partial charge is 0.229 e. The van der Waals surface area contributed by atoms with Crippen LogP contribution in [0.2, 0.25) is 0 Å². The second-order valence-electron chi connectivity index (χ2n) is 7.17. The zero-order valence-electron chi connectivity index (χ0n) is 14.9. The molecule has 1 N–H and O–H groups in total. The summed E-state index contributed by atoms with van der Waals surface area (Å²) in [5, 5.41) is 11.3. The van der Waals surface area contributed by atoms with Crippen molar-refractivity contribution in [2.24, 2.45) is 5.92 Å². The van der Waals surface area contributed by atoms with Crippen molar-refractivity contribution in [2.45, 2.75) is 50.5 Å². The van der Waals surface area contributed by atoms with E-state index in [0.29, 0.717) is 24.2 Å². The van der Waals surface area contributed by atoms with Crippen molar-refractivity contribution in [2.75, 3.05) is 20.2 Å². The molecule has 5 heteroatoms. The lowest BCUT2D eigenvalue weighted by Crippen LogP contribution is -2.55. The van der Waals surface area contributed by atoms with Gasteiger partial charge in [0.2, 0.25) is 5.91 Å². The van der Waals surface area contributed by atoms with E-state index in [1.54, 1.807) is 31.4 Å². The van der Waals surface area contributed by atoms with Gasteiger partial charge in [-0.2, -0.15) is 0 Å². The summed E-state index contributed by atoms with van der Waals surface area (Å²) in [7, 11) is 1.57. The van der Waals surface area contributed by atoms with Crippen LogP contribution in [0.4, 0.5) is 0 Å². The Kier molecular flexibility index (Phi) is 5.42. The Labute approximate surface area is 149 Å². The Hall–Kier alpha value is -1.88. The number of likely N-dealkylation sites (tertiary alicyclic amines) is 1. The number of benzene rings is 1. The van der Waals surface area contributed by atoms with Crippen LogP contribution in [0.15, 0.2) is 24.3 Å². The third-order valence-corrected chi connectivity index (χ3v) is 5.59. The van der Waals surface area contributed by atoms with Crippen molar-refractivity contribution < 1.29 is 19.4 Å². The Morgan fingerprint density at radius 2 is 1.76 bits per heavy atom. The number of amides is 1. The summed E-state index contributed by atoms with van der Waals surface area (Å²) in [5.74, 6) is -0.365. The molecule has 0 bridgehead atoms. The molecule has 1 heterocycles. The molecule has 2 aliphatic rings. The first-order chi connectivity index (χ1) is 12.1. The number of ether oxygens (including phenoxy) is 1. The molecule has 2 fully saturated rings. The van der Waals surface area contributed by atoms with E-state index in [1.807, 2.05) is 4.90 Å². The lowest BCUT2D eigenvalue weighted by atomic mass is 9.70. The van der Waals surface area contributed by atoms with E-state index in [0.717, 1.165) is 45.2 Å². The Balaban J connectivity index is 1.83. The lowest BCUT2D eigenvalue weighted by molar-refractivity contribution is -0.146. The number of aliphatic hydroxyl groups is 1. The maximum absolute atomic E-state index is 13.1. The van der Waals surface area contributed by atoms with E-state index in [2.05, 4.69) is 0 Å². The van der Waals surface area contributed by atoms with Crippen molar-refractivity contribution in [3.8, 4) is 5.75 Å². The highest BCUT2D eigenvalue weighted by atomic mass is 16.5. The van der Waals surface area contributed by atoms with E-state index in [-0.39, 0.29) is 11.7 Å². The second-order valence-corrected chi connectivity index (χ2v) is 7.17. The predicted molar refractivity (Wildman–Crippen MR) is 94.7 cm³/mol. The third-order valence-electron chi connectivity index (χ3n) is 5.59. The van der Waals surface area contributed by atoms with Gasteiger partial charge < -0.3 is 14.7 Å². The number of ketones is 1. The number of Topliss-reactive ketones (excluding diaryl/α,β-unsaturated/α-hetero) is 1. The fraction of sp³-hybridized carbons (Fsp3) is 0.600. The number of piperidine rings is 1. The molecular weight excluding hydrogens is 318 g/mol. The standard InChI is InChI=1S/C20H27NO4/c1-25-16-10-8-15(9-11-16)18(22)20(24)12-4-3-7-17(20)19(23)21-13-5-2-6-14-21/h8-11,17,24H,2-7,12-14H2,1H3. The molecule has 0 aromatic heterocycles. The number of hydrogen-bond acceptors (Lipinski definition) is 4. The number of methoxy groups -OCH3 is 1. The highest BCUT2D eigenvalue weighted by Crippen LogP contribution is 2.38. The molecule has 1 aromatic carbocycles. The van der Waals surface area contributed by atoms with Gasteiger partial charge in [-0.1, -0.05) is 12.8 Å². The Morgan fingerprint density at radius 1 is 1.08 bits per heavy atom. The lowest BCUT2D eigenvalue weighted by Gasteiger charge is -2.41. The molecule has 1 aliphatic carbocycles. The van der Waals surface area contributed by atoms with Gasteiger partial charge in [0.05, 0.1) is 13.0 Å². The van der Waals surface area contributed by atoms with Gasteiger partial charge >= 0.3 is 0 Å². The zero-order valence-corrected chi connectivity index (χ0v) is 14.9. The number of hydrogen-bond donors (Lipinski definition) is 1. The van der Waals surface area contributed by atoms with Crippen LogP contribution in [-0.4, -0.2) is 47.5 Å². The molecule has 2 unspecified atom stereocenters. The first-order valence-corrected chi connectivity index (χ1v) is 9.26. The van der Waals surface area contributed by atoms with Crippen LogP contribution >= 0.6 is 0 Å². The Bertz CT molecular complexity index is 621. The average molecular weight is 345 g/mol. The molecule has 1 saturated carbocycles.